The summed E-state index contributed by atoms with van der Waals surface area (Å²) in [6, 6.07) is 9.32. The highest BCUT2D eigenvalue weighted by molar-refractivity contribution is 5.84. The van der Waals surface area contributed by atoms with Crippen LogP contribution in [-0.2, 0) is 17.9 Å². The summed E-state index contributed by atoms with van der Waals surface area (Å²) in [6.45, 7) is 7.33. The third-order valence-corrected chi connectivity index (χ3v) is 4.09. The van der Waals surface area contributed by atoms with Gasteiger partial charge in [-0.15, -0.1) is 0 Å². The van der Waals surface area contributed by atoms with Crippen molar-refractivity contribution >= 4 is 11.9 Å². The first-order chi connectivity index (χ1) is 13.4. The van der Waals surface area contributed by atoms with Crippen molar-refractivity contribution in [3.63, 3.8) is 0 Å². The van der Waals surface area contributed by atoms with E-state index in [1.165, 1.54) is 17.0 Å². The van der Waals surface area contributed by atoms with Gasteiger partial charge in [-0.25, -0.2) is 9.18 Å². The molecule has 3 amide bonds. The number of hydrogen-bond donors (Lipinski definition) is 1. The van der Waals surface area contributed by atoms with E-state index >= 15 is 0 Å². The average Bonchev–Trinajstić information content (AvgIpc) is 3.15. The first-order valence-electron chi connectivity index (χ1n) is 9.46. The molecule has 0 atom stereocenters. The van der Waals surface area contributed by atoms with Crippen molar-refractivity contribution in [2.24, 2.45) is 5.92 Å². The Kier molecular flexibility index (Phi) is 8.04. The second-order valence-electron chi connectivity index (χ2n) is 7.07. The predicted octanol–water partition coefficient (Wildman–Crippen LogP) is 3.64. The Hall–Kier alpha value is -2.83. The summed E-state index contributed by atoms with van der Waals surface area (Å²) in [7, 11) is 0. The van der Waals surface area contributed by atoms with Crippen LogP contribution in [0.1, 0.15) is 32.1 Å². The number of carbonyl (C=O) groups excluding carboxylic acids is 2. The van der Waals surface area contributed by atoms with Gasteiger partial charge in [0.15, 0.2) is 0 Å². The molecular formula is C21H28FN3O3. The number of furan rings is 1. The number of rotatable bonds is 9. The standard InChI is InChI=1S/C21H28FN3O3/c1-4-23-21(27)25(12-16(2)3)15-20(26)24(14-19-6-5-11-28-19)13-17-7-9-18(22)10-8-17/h5-11,16H,4,12-15H2,1-3H3,(H,23,27). The maximum absolute atomic E-state index is 13.2. The number of nitrogens with one attached hydrogen (secondary N) is 1. The summed E-state index contributed by atoms with van der Waals surface area (Å²) in [6.07, 6.45) is 1.55. The number of nitrogens with zero attached hydrogens (tertiary/aromatic N) is 2. The molecule has 0 fully saturated rings. The Morgan fingerprint density at radius 2 is 1.82 bits per heavy atom. The summed E-state index contributed by atoms with van der Waals surface area (Å²) in [4.78, 5) is 28.5. The molecule has 1 aromatic carbocycles. The van der Waals surface area contributed by atoms with Crippen LogP contribution < -0.4 is 5.32 Å². The molecule has 7 heteroatoms. The lowest BCUT2D eigenvalue weighted by Crippen LogP contribution is -2.47. The number of hydrogen-bond acceptors (Lipinski definition) is 3. The van der Waals surface area contributed by atoms with Crippen LogP contribution in [0.3, 0.4) is 0 Å². The minimum Gasteiger partial charge on any atom is -0.467 e. The normalized spacial score (nSPS) is 10.8. The molecule has 0 bridgehead atoms. The molecule has 2 rings (SSSR count). The maximum Gasteiger partial charge on any atom is 0.317 e. The lowest BCUT2D eigenvalue weighted by molar-refractivity contribution is -0.133. The van der Waals surface area contributed by atoms with Gasteiger partial charge in [-0.2, -0.15) is 0 Å². The third kappa shape index (κ3) is 6.72. The second kappa shape index (κ2) is 10.5. The van der Waals surface area contributed by atoms with Gasteiger partial charge < -0.3 is 19.5 Å². The van der Waals surface area contributed by atoms with Crippen LogP contribution in [0.4, 0.5) is 9.18 Å². The van der Waals surface area contributed by atoms with Crippen molar-refractivity contribution in [2.75, 3.05) is 19.6 Å². The summed E-state index contributed by atoms with van der Waals surface area (Å²) in [5.41, 5.74) is 0.801. The van der Waals surface area contributed by atoms with Crippen molar-refractivity contribution in [2.45, 2.75) is 33.9 Å². The highest BCUT2D eigenvalue weighted by atomic mass is 19.1. The van der Waals surface area contributed by atoms with Crippen LogP contribution in [0, 0.1) is 11.7 Å². The van der Waals surface area contributed by atoms with Crippen LogP contribution >= 0.6 is 0 Å². The van der Waals surface area contributed by atoms with Gasteiger partial charge >= 0.3 is 6.03 Å². The Bertz CT molecular complexity index is 745. The van der Waals surface area contributed by atoms with Gasteiger partial charge in [-0.1, -0.05) is 26.0 Å². The predicted molar refractivity (Wildman–Crippen MR) is 105 cm³/mol. The van der Waals surface area contributed by atoms with Crippen molar-refractivity contribution in [3.05, 3.63) is 59.8 Å². The summed E-state index contributed by atoms with van der Waals surface area (Å²) in [5, 5.41) is 2.75. The van der Waals surface area contributed by atoms with E-state index in [1.54, 1.807) is 35.4 Å². The quantitative estimate of drug-likeness (QED) is 0.712. The van der Waals surface area contributed by atoms with E-state index in [9.17, 15) is 14.0 Å². The van der Waals surface area contributed by atoms with Crippen LogP contribution in [-0.4, -0.2) is 41.4 Å². The van der Waals surface area contributed by atoms with Crippen LogP contribution in [0.25, 0.3) is 0 Å². The first kappa shape index (κ1) is 21.5. The second-order valence-corrected chi connectivity index (χ2v) is 7.07. The molecule has 1 N–H and O–H groups in total. The molecule has 152 valence electrons. The third-order valence-electron chi connectivity index (χ3n) is 4.09. The molecule has 0 aliphatic carbocycles. The molecule has 6 nitrogen and oxygen atoms in total. The molecular weight excluding hydrogens is 361 g/mol. The Labute approximate surface area is 165 Å². The summed E-state index contributed by atoms with van der Waals surface area (Å²) in [5.74, 6) is 0.342. The fraction of sp³-hybridized carbons (Fsp3) is 0.429. The van der Waals surface area contributed by atoms with Crippen LogP contribution in [0.2, 0.25) is 0 Å². The zero-order valence-electron chi connectivity index (χ0n) is 16.7. The molecule has 1 heterocycles. The number of halogens is 1. The summed E-state index contributed by atoms with van der Waals surface area (Å²) >= 11 is 0. The van der Waals surface area contributed by atoms with Crippen molar-refractivity contribution in [1.82, 2.24) is 15.1 Å². The van der Waals surface area contributed by atoms with E-state index < -0.39 is 0 Å². The van der Waals surface area contributed by atoms with Gasteiger partial charge in [0.05, 0.1) is 12.8 Å². The van der Waals surface area contributed by atoms with Gasteiger partial charge in [-0.3, -0.25) is 4.79 Å². The van der Waals surface area contributed by atoms with Gasteiger partial charge in [-0.05, 0) is 42.7 Å². The van der Waals surface area contributed by atoms with Crippen LogP contribution in [0.5, 0.6) is 0 Å². The maximum atomic E-state index is 13.2. The Morgan fingerprint density at radius 3 is 2.39 bits per heavy atom. The van der Waals surface area contributed by atoms with E-state index in [2.05, 4.69) is 5.32 Å². The van der Waals surface area contributed by atoms with Crippen LogP contribution in [0.15, 0.2) is 47.1 Å². The van der Waals surface area contributed by atoms with Crippen molar-refractivity contribution < 1.29 is 18.4 Å². The Balaban J connectivity index is 2.15. The smallest absolute Gasteiger partial charge is 0.317 e. The topological polar surface area (TPSA) is 65.8 Å². The fourth-order valence-corrected chi connectivity index (χ4v) is 2.82. The zero-order chi connectivity index (χ0) is 20.5. The van der Waals surface area contributed by atoms with E-state index in [-0.39, 0.29) is 36.8 Å². The molecule has 0 aliphatic rings. The summed E-state index contributed by atoms with van der Waals surface area (Å²) < 4.78 is 18.6. The zero-order valence-corrected chi connectivity index (χ0v) is 16.7. The van der Waals surface area contributed by atoms with Gasteiger partial charge in [0.25, 0.3) is 0 Å². The molecule has 0 radical (unpaired) electrons. The lowest BCUT2D eigenvalue weighted by Gasteiger charge is -2.28. The SMILES string of the molecule is CCNC(=O)N(CC(=O)N(Cc1ccc(F)cc1)Cc1ccco1)CC(C)C. The number of urea groups is 1. The molecule has 0 saturated carbocycles. The molecule has 0 saturated heterocycles. The van der Waals surface area contributed by atoms with Gasteiger partial charge in [0.2, 0.25) is 5.91 Å². The van der Waals surface area contributed by atoms with Crippen molar-refractivity contribution in [3.8, 4) is 0 Å². The highest BCUT2D eigenvalue weighted by Crippen LogP contribution is 2.13. The number of benzene rings is 1. The fourth-order valence-electron chi connectivity index (χ4n) is 2.82. The first-order valence-corrected chi connectivity index (χ1v) is 9.46. The van der Waals surface area contributed by atoms with E-state index in [1.807, 2.05) is 20.8 Å². The largest absolute Gasteiger partial charge is 0.467 e. The molecule has 28 heavy (non-hydrogen) atoms. The molecule has 0 aliphatic heterocycles. The van der Waals surface area contributed by atoms with E-state index in [4.69, 9.17) is 4.42 Å². The minimum absolute atomic E-state index is 0.0358. The number of amides is 3. The lowest BCUT2D eigenvalue weighted by atomic mass is 10.2. The highest BCUT2D eigenvalue weighted by Gasteiger charge is 2.22. The molecule has 0 spiro atoms. The molecule has 2 aromatic rings. The van der Waals surface area contributed by atoms with E-state index in [0.29, 0.717) is 25.4 Å². The average molecular weight is 389 g/mol. The monoisotopic (exact) mass is 389 g/mol. The van der Waals surface area contributed by atoms with Gasteiger partial charge in [0.1, 0.15) is 18.1 Å². The minimum atomic E-state index is -0.327. The van der Waals surface area contributed by atoms with E-state index in [0.717, 1.165) is 5.56 Å². The number of carbonyl (C=O) groups is 2. The van der Waals surface area contributed by atoms with Crippen molar-refractivity contribution in [1.29, 1.82) is 0 Å². The Morgan fingerprint density at radius 1 is 1.11 bits per heavy atom. The van der Waals surface area contributed by atoms with Gasteiger partial charge in [0, 0.05) is 19.6 Å². The molecule has 0 unspecified atom stereocenters. The molecule has 1 aromatic heterocycles.